The Labute approximate surface area is 173 Å². The molecule has 0 spiro atoms. The van der Waals surface area contributed by atoms with Crippen LogP contribution in [0.1, 0.15) is 16.8 Å². The quantitative estimate of drug-likeness (QED) is 0.658. The minimum Gasteiger partial charge on any atom is -0.496 e. The largest absolute Gasteiger partial charge is 0.496 e. The summed E-state index contributed by atoms with van der Waals surface area (Å²) in [6.07, 6.45) is 5.32. The summed E-state index contributed by atoms with van der Waals surface area (Å²) in [5, 5.41) is 0. The summed E-state index contributed by atoms with van der Waals surface area (Å²) < 4.78 is 16.5. The number of fused-ring (bicyclic) bond motifs is 1. The van der Waals surface area contributed by atoms with E-state index < -0.39 is 0 Å². The van der Waals surface area contributed by atoms with Crippen molar-refractivity contribution in [1.29, 1.82) is 0 Å². The van der Waals surface area contributed by atoms with E-state index in [4.69, 9.17) is 14.2 Å². The van der Waals surface area contributed by atoms with Crippen LogP contribution in [0.4, 0.5) is 0 Å². The maximum Gasteiger partial charge on any atom is 0.254 e. The molecule has 0 aliphatic carbocycles. The number of hydrogen-bond acceptors (Lipinski definition) is 8. The molecule has 0 saturated carbocycles. The molecule has 1 aromatic carbocycles. The van der Waals surface area contributed by atoms with Gasteiger partial charge in [-0.05, 0) is 6.42 Å². The standard InChI is InChI=1S/C21H23N5O4/c1-28-14-6-18(29-2)16(19(7-14)30-3)10-26-5-4-15-17(11-26)24-20(25-21(15)27)13-8-22-12-23-9-13/h6-9,12H,4-5,10-11H2,1-3H3,(H,24,25,27). The third-order valence-electron chi connectivity index (χ3n) is 5.19. The summed E-state index contributed by atoms with van der Waals surface area (Å²) >= 11 is 0. The lowest BCUT2D eigenvalue weighted by Crippen LogP contribution is -2.35. The van der Waals surface area contributed by atoms with Gasteiger partial charge in [-0.1, -0.05) is 0 Å². The van der Waals surface area contributed by atoms with Gasteiger partial charge in [0.1, 0.15) is 29.4 Å². The van der Waals surface area contributed by atoms with Gasteiger partial charge in [-0.3, -0.25) is 9.69 Å². The monoisotopic (exact) mass is 409 g/mol. The Morgan fingerprint density at radius 2 is 1.77 bits per heavy atom. The van der Waals surface area contributed by atoms with Gasteiger partial charge in [0.15, 0.2) is 0 Å². The van der Waals surface area contributed by atoms with Crippen LogP contribution < -0.4 is 19.8 Å². The highest BCUT2D eigenvalue weighted by atomic mass is 16.5. The lowest BCUT2D eigenvalue weighted by atomic mass is 10.0. The summed E-state index contributed by atoms with van der Waals surface area (Å²) in [7, 11) is 4.85. The van der Waals surface area contributed by atoms with Gasteiger partial charge in [-0.15, -0.1) is 0 Å². The second kappa shape index (κ2) is 8.50. The number of nitrogens with one attached hydrogen (secondary N) is 1. The molecule has 1 aliphatic rings. The van der Waals surface area contributed by atoms with Crippen molar-refractivity contribution >= 4 is 0 Å². The van der Waals surface area contributed by atoms with Crippen LogP contribution in [0.2, 0.25) is 0 Å². The first-order valence-electron chi connectivity index (χ1n) is 9.51. The van der Waals surface area contributed by atoms with Gasteiger partial charge in [0.25, 0.3) is 5.56 Å². The third-order valence-corrected chi connectivity index (χ3v) is 5.19. The molecule has 156 valence electrons. The van der Waals surface area contributed by atoms with Crippen LogP contribution in [0.25, 0.3) is 11.4 Å². The molecule has 0 saturated heterocycles. The van der Waals surface area contributed by atoms with E-state index in [1.807, 2.05) is 12.1 Å². The zero-order valence-electron chi connectivity index (χ0n) is 17.1. The maximum atomic E-state index is 12.6. The van der Waals surface area contributed by atoms with E-state index in [0.717, 1.165) is 23.4 Å². The summed E-state index contributed by atoms with van der Waals surface area (Å²) in [5.41, 5.74) is 2.97. The maximum absolute atomic E-state index is 12.6. The number of aromatic amines is 1. The molecule has 3 heterocycles. The number of methoxy groups -OCH3 is 3. The first-order valence-corrected chi connectivity index (χ1v) is 9.51. The van der Waals surface area contributed by atoms with E-state index in [0.29, 0.717) is 48.1 Å². The summed E-state index contributed by atoms with van der Waals surface area (Å²) in [6, 6.07) is 3.68. The molecule has 0 bridgehead atoms. The normalized spacial score (nSPS) is 13.6. The molecule has 9 heteroatoms. The zero-order chi connectivity index (χ0) is 21.1. The number of H-pyrrole nitrogens is 1. The summed E-state index contributed by atoms with van der Waals surface area (Å²) in [4.78, 5) is 30.3. The Hall–Kier alpha value is -3.46. The van der Waals surface area contributed by atoms with Crippen LogP contribution in [0, 0.1) is 0 Å². The molecule has 9 nitrogen and oxygen atoms in total. The molecule has 0 fully saturated rings. The van der Waals surface area contributed by atoms with Crippen molar-refractivity contribution in [2.24, 2.45) is 0 Å². The van der Waals surface area contributed by atoms with Crippen LogP contribution >= 0.6 is 0 Å². The van der Waals surface area contributed by atoms with Gasteiger partial charge in [0.2, 0.25) is 0 Å². The fourth-order valence-corrected chi connectivity index (χ4v) is 3.64. The minimum atomic E-state index is -0.113. The highest BCUT2D eigenvalue weighted by Gasteiger charge is 2.24. The van der Waals surface area contributed by atoms with Gasteiger partial charge < -0.3 is 19.2 Å². The van der Waals surface area contributed by atoms with Gasteiger partial charge in [0.05, 0.1) is 38.2 Å². The Bertz CT molecular complexity index is 1080. The number of rotatable bonds is 6. The molecule has 0 radical (unpaired) electrons. The van der Waals surface area contributed by atoms with E-state index in [-0.39, 0.29) is 5.56 Å². The second-order valence-corrected chi connectivity index (χ2v) is 6.94. The van der Waals surface area contributed by atoms with Crippen LogP contribution in [-0.4, -0.2) is 52.7 Å². The van der Waals surface area contributed by atoms with Crippen LogP contribution in [0.5, 0.6) is 17.2 Å². The topological polar surface area (TPSA) is 102 Å². The number of ether oxygens (including phenoxy) is 3. The number of aromatic nitrogens is 4. The number of benzene rings is 1. The zero-order valence-corrected chi connectivity index (χ0v) is 17.1. The SMILES string of the molecule is COc1cc(OC)c(CN2CCc3c(nc(-c4cncnc4)[nH]c3=O)C2)c(OC)c1. The van der Waals surface area contributed by atoms with Gasteiger partial charge >= 0.3 is 0 Å². The highest BCUT2D eigenvalue weighted by molar-refractivity contribution is 5.52. The van der Waals surface area contributed by atoms with E-state index in [1.54, 1.807) is 33.7 Å². The molecule has 30 heavy (non-hydrogen) atoms. The van der Waals surface area contributed by atoms with Crippen molar-refractivity contribution in [3.63, 3.8) is 0 Å². The summed E-state index contributed by atoms with van der Waals surface area (Å²) in [5.74, 6) is 2.52. The molecule has 4 rings (SSSR count). The smallest absolute Gasteiger partial charge is 0.254 e. The van der Waals surface area contributed by atoms with E-state index >= 15 is 0 Å². The van der Waals surface area contributed by atoms with Crippen molar-refractivity contribution in [2.75, 3.05) is 27.9 Å². The fraction of sp³-hybridized carbons (Fsp3) is 0.333. The van der Waals surface area contributed by atoms with Gasteiger partial charge in [0, 0.05) is 49.7 Å². The molecule has 0 amide bonds. The average molecular weight is 409 g/mol. The first kappa shape index (κ1) is 19.8. The van der Waals surface area contributed by atoms with Crippen molar-refractivity contribution in [2.45, 2.75) is 19.5 Å². The lowest BCUT2D eigenvalue weighted by Gasteiger charge is -2.29. The molecular formula is C21H23N5O4. The Morgan fingerprint density at radius 1 is 1.07 bits per heavy atom. The molecule has 3 aromatic rings. The van der Waals surface area contributed by atoms with Crippen LogP contribution in [0.3, 0.4) is 0 Å². The predicted octanol–water partition coefficient (Wildman–Crippen LogP) is 1.81. The molecular weight excluding hydrogens is 386 g/mol. The number of nitrogens with zero attached hydrogens (tertiary/aromatic N) is 4. The average Bonchev–Trinajstić information content (AvgIpc) is 2.79. The van der Waals surface area contributed by atoms with Gasteiger partial charge in [-0.25, -0.2) is 15.0 Å². The van der Waals surface area contributed by atoms with E-state index in [1.165, 1.54) is 6.33 Å². The molecule has 2 aromatic heterocycles. The van der Waals surface area contributed by atoms with E-state index in [2.05, 4.69) is 24.8 Å². The van der Waals surface area contributed by atoms with Gasteiger partial charge in [-0.2, -0.15) is 0 Å². The Kier molecular flexibility index (Phi) is 5.62. The minimum absolute atomic E-state index is 0.113. The molecule has 0 atom stereocenters. The van der Waals surface area contributed by atoms with Crippen LogP contribution in [-0.2, 0) is 19.5 Å². The number of hydrogen-bond donors (Lipinski definition) is 1. The van der Waals surface area contributed by atoms with Crippen molar-refractivity contribution < 1.29 is 14.2 Å². The van der Waals surface area contributed by atoms with E-state index in [9.17, 15) is 4.79 Å². The fourth-order valence-electron chi connectivity index (χ4n) is 3.64. The molecule has 1 N–H and O–H groups in total. The van der Waals surface area contributed by atoms with Crippen molar-refractivity contribution in [1.82, 2.24) is 24.8 Å². The molecule has 1 aliphatic heterocycles. The first-order chi connectivity index (χ1) is 14.6. The summed E-state index contributed by atoms with van der Waals surface area (Å²) in [6.45, 7) is 1.86. The van der Waals surface area contributed by atoms with Crippen molar-refractivity contribution in [3.8, 4) is 28.6 Å². The Balaban J connectivity index is 1.64. The Morgan fingerprint density at radius 3 is 2.40 bits per heavy atom. The highest BCUT2D eigenvalue weighted by Crippen LogP contribution is 2.35. The van der Waals surface area contributed by atoms with Crippen LogP contribution in [0.15, 0.2) is 35.6 Å². The lowest BCUT2D eigenvalue weighted by molar-refractivity contribution is 0.232. The molecule has 0 unspecified atom stereocenters. The second-order valence-electron chi connectivity index (χ2n) is 6.94. The third kappa shape index (κ3) is 3.84. The van der Waals surface area contributed by atoms with Crippen molar-refractivity contribution in [3.05, 3.63) is 58.0 Å². The predicted molar refractivity (Wildman–Crippen MR) is 110 cm³/mol.